The molecule has 72 valence electrons. The maximum Gasteiger partial charge on any atom is 0.0995 e. The summed E-state index contributed by atoms with van der Waals surface area (Å²) in [6.07, 6.45) is 3.25. The molecule has 14 heavy (non-hydrogen) atoms. The first-order chi connectivity index (χ1) is 6.82. The third kappa shape index (κ3) is 1.21. The molecule has 2 rings (SSSR count). The Morgan fingerprint density at radius 2 is 2.07 bits per heavy atom. The van der Waals surface area contributed by atoms with Crippen molar-refractivity contribution in [2.75, 3.05) is 7.11 Å². The average molecular weight is 187 g/mol. The number of hydrogen-bond acceptors (Lipinski definition) is 2. The summed E-state index contributed by atoms with van der Waals surface area (Å²) < 4.78 is 5.55. The monoisotopic (exact) mass is 187 g/mol. The summed E-state index contributed by atoms with van der Waals surface area (Å²) in [6, 6.07) is 9.94. The second-order valence-electron chi connectivity index (χ2n) is 3.71. The van der Waals surface area contributed by atoms with E-state index in [0.717, 1.165) is 24.0 Å². The van der Waals surface area contributed by atoms with Crippen LogP contribution < -0.4 is 0 Å². The van der Waals surface area contributed by atoms with Crippen LogP contribution in [0, 0.1) is 11.3 Å². The van der Waals surface area contributed by atoms with Gasteiger partial charge < -0.3 is 4.74 Å². The summed E-state index contributed by atoms with van der Waals surface area (Å²) in [7, 11) is 1.73. The average Bonchev–Trinajstić information content (AvgIpc) is 2.18. The van der Waals surface area contributed by atoms with Gasteiger partial charge in [0.25, 0.3) is 0 Å². The van der Waals surface area contributed by atoms with Gasteiger partial charge in [0.1, 0.15) is 0 Å². The van der Waals surface area contributed by atoms with E-state index < -0.39 is 0 Å². The van der Waals surface area contributed by atoms with Crippen LogP contribution in [0.15, 0.2) is 24.3 Å². The maximum absolute atomic E-state index is 8.99. The van der Waals surface area contributed by atoms with Gasteiger partial charge in [0.15, 0.2) is 0 Å². The van der Waals surface area contributed by atoms with Gasteiger partial charge in [-0.1, -0.05) is 18.2 Å². The largest absolute Gasteiger partial charge is 0.373 e. The highest BCUT2D eigenvalue weighted by molar-refractivity contribution is 5.42. The molecule has 0 aromatic heterocycles. The first-order valence-corrected chi connectivity index (χ1v) is 4.87. The highest BCUT2D eigenvalue weighted by atomic mass is 16.5. The molecule has 1 aromatic rings. The van der Waals surface area contributed by atoms with Gasteiger partial charge in [-0.05, 0) is 25.3 Å². The Hall–Kier alpha value is -1.33. The minimum atomic E-state index is -0.174. The normalized spacial score (nSPS) is 18.3. The Morgan fingerprint density at radius 3 is 2.57 bits per heavy atom. The van der Waals surface area contributed by atoms with E-state index in [1.54, 1.807) is 7.11 Å². The van der Waals surface area contributed by atoms with Crippen LogP contribution in [-0.2, 0) is 10.3 Å². The molecule has 0 radical (unpaired) electrons. The van der Waals surface area contributed by atoms with Crippen molar-refractivity contribution in [2.45, 2.75) is 24.9 Å². The third-order valence-corrected chi connectivity index (χ3v) is 3.09. The van der Waals surface area contributed by atoms with E-state index >= 15 is 0 Å². The van der Waals surface area contributed by atoms with Gasteiger partial charge in [0.2, 0.25) is 0 Å². The predicted octanol–water partition coefficient (Wildman–Crippen LogP) is 2.58. The zero-order valence-corrected chi connectivity index (χ0v) is 8.29. The second-order valence-corrected chi connectivity index (χ2v) is 3.71. The number of ether oxygens (including phenoxy) is 1. The lowest BCUT2D eigenvalue weighted by Crippen LogP contribution is -2.36. The van der Waals surface area contributed by atoms with E-state index in [1.807, 2.05) is 24.3 Å². The molecule has 0 amide bonds. The minimum Gasteiger partial charge on any atom is -0.373 e. The van der Waals surface area contributed by atoms with Crippen LogP contribution in [0.3, 0.4) is 0 Å². The van der Waals surface area contributed by atoms with Crippen LogP contribution >= 0.6 is 0 Å². The van der Waals surface area contributed by atoms with Crippen molar-refractivity contribution in [1.82, 2.24) is 0 Å². The quantitative estimate of drug-likeness (QED) is 0.713. The molecule has 0 spiro atoms. The fraction of sp³-hybridized carbons (Fsp3) is 0.417. The van der Waals surface area contributed by atoms with Crippen molar-refractivity contribution < 1.29 is 4.74 Å². The van der Waals surface area contributed by atoms with E-state index in [0.29, 0.717) is 0 Å². The molecular weight excluding hydrogens is 174 g/mol. The molecule has 1 saturated carbocycles. The van der Waals surface area contributed by atoms with Crippen LogP contribution in [0.1, 0.15) is 30.4 Å². The first kappa shape index (κ1) is 9.23. The van der Waals surface area contributed by atoms with E-state index in [1.165, 1.54) is 6.42 Å². The fourth-order valence-electron chi connectivity index (χ4n) is 2.06. The molecule has 2 heteroatoms. The molecule has 0 N–H and O–H groups in total. The zero-order valence-electron chi connectivity index (χ0n) is 8.29. The van der Waals surface area contributed by atoms with Gasteiger partial charge in [-0.15, -0.1) is 0 Å². The smallest absolute Gasteiger partial charge is 0.0995 e. The predicted molar refractivity (Wildman–Crippen MR) is 53.7 cm³/mol. The van der Waals surface area contributed by atoms with Crippen LogP contribution in [0.25, 0.3) is 0 Å². The molecule has 0 aliphatic heterocycles. The summed E-state index contributed by atoms with van der Waals surface area (Å²) >= 11 is 0. The summed E-state index contributed by atoms with van der Waals surface area (Å²) in [6.45, 7) is 0. The molecule has 1 aromatic carbocycles. The van der Waals surface area contributed by atoms with E-state index in [2.05, 4.69) is 6.07 Å². The summed E-state index contributed by atoms with van der Waals surface area (Å²) in [4.78, 5) is 0. The third-order valence-electron chi connectivity index (χ3n) is 3.09. The summed E-state index contributed by atoms with van der Waals surface area (Å²) in [5.74, 6) is 0. The number of hydrogen-bond donors (Lipinski definition) is 0. The summed E-state index contributed by atoms with van der Waals surface area (Å²) in [5.41, 5.74) is 1.62. The fourth-order valence-corrected chi connectivity index (χ4v) is 2.06. The van der Waals surface area contributed by atoms with Crippen molar-refractivity contribution in [3.63, 3.8) is 0 Å². The second kappa shape index (κ2) is 3.43. The number of nitrogens with zero attached hydrogens (tertiary/aromatic N) is 1. The minimum absolute atomic E-state index is 0.174. The number of rotatable bonds is 2. The zero-order chi connectivity index (χ0) is 10.0. The van der Waals surface area contributed by atoms with Gasteiger partial charge >= 0.3 is 0 Å². The summed E-state index contributed by atoms with van der Waals surface area (Å²) in [5, 5.41) is 8.99. The standard InChI is InChI=1S/C12H13NO/c1-14-12(7-4-8-12)11-6-3-2-5-10(11)9-13/h2-3,5-6H,4,7-8H2,1H3. The van der Waals surface area contributed by atoms with Gasteiger partial charge in [0, 0.05) is 12.7 Å². The highest BCUT2D eigenvalue weighted by Crippen LogP contribution is 2.45. The molecule has 0 unspecified atom stereocenters. The van der Waals surface area contributed by atoms with Gasteiger partial charge in [0.05, 0.1) is 17.2 Å². The van der Waals surface area contributed by atoms with E-state index in [9.17, 15) is 0 Å². The SMILES string of the molecule is COC1(c2ccccc2C#N)CCC1. The lowest BCUT2D eigenvalue weighted by Gasteiger charge is -2.41. The van der Waals surface area contributed by atoms with E-state index in [4.69, 9.17) is 10.00 Å². The molecule has 0 heterocycles. The lowest BCUT2D eigenvalue weighted by atomic mass is 9.73. The number of nitriles is 1. The van der Waals surface area contributed by atoms with Crippen molar-refractivity contribution in [3.05, 3.63) is 35.4 Å². The molecule has 1 aliphatic carbocycles. The highest BCUT2D eigenvalue weighted by Gasteiger charge is 2.40. The Bertz CT molecular complexity index is 369. The Labute approximate surface area is 84.1 Å². The molecule has 2 nitrogen and oxygen atoms in total. The van der Waals surface area contributed by atoms with E-state index in [-0.39, 0.29) is 5.60 Å². The van der Waals surface area contributed by atoms with Crippen LogP contribution in [0.4, 0.5) is 0 Å². The van der Waals surface area contributed by atoms with Crippen molar-refractivity contribution in [1.29, 1.82) is 5.26 Å². The Balaban J connectivity index is 2.45. The molecular formula is C12H13NO. The first-order valence-electron chi connectivity index (χ1n) is 4.87. The molecule has 1 fully saturated rings. The molecule has 0 atom stereocenters. The van der Waals surface area contributed by atoms with Crippen LogP contribution in [0.2, 0.25) is 0 Å². The van der Waals surface area contributed by atoms with Crippen LogP contribution in [-0.4, -0.2) is 7.11 Å². The molecule has 0 bridgehead atoms. The lowest BCUT2D eigenvalue weighted by molar-refractivity contribution is -0.0780. The number of methoxy groups -OCH3 is 1. The van der Waals surface area contributed by atoms with Crippen molar-refractivity contribution in [2.24, 2.45) is 0 Å². The number of benzene rings is 1. The molecule has 0 saturated heterocycles. The van der Waals surface area contributed by atoms with Gasteiger partial charge in [-0.3, -0.25) is 0 Å². The van der Waals surface area contributed by atoms with Crippen LogP contribution in [0.5, 0.6) is 0 Å². The Kier molecular flexibility index (Phi) is 2.26. The van der Waals surface area contributed by atoms with Crippen molar-refractivity contribution in [3.8, 4) is 6.07 Å². The molecule has 1 aliphatic rings. The van der Waals surface area contributed by atoms with Crippen molar-refractivity contribution >= 4 is 0 Å². The maximum atomic E-state index is 8.99. The Morgan fingerprint density at radius 1 is 1.36 bits per heavy atom. The van der Waals surface area contributed by atoms with Gasteiger partial charge in [-0.2, -0.15) is 5.26 Å². The van der Waals surface area contributed by atoms with Gasteiger partial charge in [-0.25, -0.2) is 0 Å². The topological polar surface area (TPSA) is 33.0 Å².